The van der Waals surface area contributed by atoms with Gasteiger partial charge < -0.3 is 9.67 Å². The van der Waals surface area contributed by atoms with E-state index in [1.165, 1.54) is 56.0 Å². The highest BCUT2D eigenvalue weighted by atomic mass is 32.2. The van der Waals surface area contributed by atoms with Gasteiger partial charge in [-0.1, -0.05) is 51.3 Å². The van der Waals surface area contributed by atoms with Gasteiger partial charge in [-0.3, -0.25) is 4.79 Å². The van der Waals surface area contributed by atoms with Gasteiger partial charge in [-0.2, -0.15) is 0 Å². The summed E-state index contributed by atoms with van der Waals surface area (Å²) in [4.78, 5) is 15.2. The van der Waals surface area contributed by atoms with Crippen LogP contribution in [-0.2, 0) is 11.3 Å². The van der Waals surface area contributed by atoms with Crippen LogP contribution in [0.5, 0.6) is 0 Å². The minimum Gasteiger partial charge on any atom is -0.481 e. The Kier molecular flexibility index (Phi) is 6.15. The number of nitrogens with zero attached hydrogens (tertiary/aromatic N) is 2. The summed E-state index contributed by atoms with van der Waals surface area (Å²) in [7, 11) is 0. The minimum absolute atomic E-state index is 0.0805. The molecule has 0 aliphatic heterocycles. The van der Waals surface area contributed by atoms with Crippen molar-refractivity contribution in [2.75, 3.05) is 5.75 Å². The van der Waals surface area contributed by atoms with Crippen molar-refractivity contribution in [2.24, 2.45) is 5.92 Å². The van der Waals surface area contributed by atoms with Crippen LogP contribution in [-0.4, -0.2) is 26.4 Å². The van der Waals surface area contributed by atoms with Crippen LogP contribution in [0.2, 0.25) is 0 Å². The van der Waals surface area contributed by atoms with Gasteiger partial charge in [0.25, 0.3) is 0 Å². The van der Waals surface area contributed by atoms with E-state index in [0.717, 1.165) is 17.6 Å². The van der Waals surface area contributed by atoms with Crippen molar-refractivity contribution in [2.45, 2.75) is 70.0 Å². The molecule has 5 heteroatoms. The van der Waals surface area contributed by atoms with E-state index in [4.69, 9.17) is 5.11 Å². The number of hydrogen-bond acceptors (Lipinski definition) is 3. The molecule has 4 nitrogen and oxygen atoms in total. The Hall–Kier alpha value is -0.970. The first-order valence-corrected chi connectivity index (χ1v) is 8.96. The average molecular weight is 310 g/mol. The van der Waals surface area contributed by atoms with Gasteiger partial charge in [0.15, 0.2) is 5.16 Å². The monoisotopic (exact) mass is 310 g/mol. The third-order valence-electron chi connectivity index (χ3n) is 4.23. The summed E-state index contributed by atoms with van der Waals surface area (Å²) in [5.74, 6) is 0.623. The topological polar surface area (TPSA) is 55.1 Å². The highest BCUT2D eigenvalue weighted by Gasteiger charge is 2.17. The second kappa shape index (κ2) is 7.87. The number of hydrogen-bond donors (Lipinski definition) is 1. The molecule has 0 aromatic carbocycles. The molecule has 1 saturated carbocycles. The quantitative estimate of drug-likeness (QED) is 0.733. The summed E-state index contributed by atoms with van der Waals surface area (Å²) in [5, 5.41) is 9.70. The summed E-state index contributed by atoms with van der Waals surface area (Å²) in [6.07, 6.45) is 9.94. The first-order valence-electron chi connectivity index (χ1n) is 7.98. The van der Waals surface area contributed by atoms with E-state index in [1.54, 1.807) is 0 Å². The van der Waals surface area contributed by atoms with Crippen LogP contribution in [0.25, 0.3) is 0 Å². The largest absolute Gasteiger partial charge is 0.481 e. The molecule has 2 rings (SSSR count). The smallest absolute Gasteiger partial charge is 0.313 e. The Bertz CT molecular complexity index is 465. The predicted molar refractivity (Wildman–Crippen MR) is 85.9 cm³/mol. The van der Waals surface area contributed by atoms with E-state index >= 15 is 0 Å². The van der Waals surface area contributed by atoms with Gasteiger partial charge in [0.1, 0.15) is 0 Å². The molecular weight excluding hydrogens is 284 g/mol. The van der Waals surface area contributed by atoms with E-state index in [0.29, 0.717) is 5.92 Å². The number of thioether (sulfide) groups is 1. The predicted octanol–water partition coefficient (Wildman–Crippen LogP) is 4.15. The molecule has 21 heavy (non-hydrogen) atoms. The number of aromatic nitrogens is 2. The molecule has 0 saturated heterocycles. The van der Waals surface area contributed by atoms with Gasteiger partial charge in [0.05, 0.1) is 5.75 Å². The molecule has 0 unspecified atom stereocenters. The molecule has 1 aromatic rings. The van der Waals surface area contributed by atoms with Crippen molar-refractivity contribution in [3.63, 3.8) is 0 Å². The fourth-order valence-electron chi connectivity index (χ4n) is 3.14. The zero-order valence-corrected chi connectivity index (χ0v) is 13.9. The summed E-state index contributed by atoms with van der Waals surface area (Å²) < 4.78 is 2.23. The molecule has 1 heterocycles. The van der Waals surface area contributed by atoms with Crippen LogP contribution in [0.4, 0.5) is 0 Å². The van der Waals surface area contributed by atoms with Crippen molar-refractivity contribution >= 4 is 17.7 Å². The van der Waals surface area contributed by atoms with Crippen molar-refractivity contribution in [3.8, 4) is 0 Å². The molecule has 0 amide bonds. The molecule has 1 N–H and O–H groups in total. The van der Waals surface area contributed by atoms with Gasteiger partial charge >= 0.3 is 5.97 Å². The third kappa shape index (κ3) is 4.77. The Morgan fingerprint density at radius 2 is 2.19 bits per heavy atom. The zero-order chi connectivity index (χ0) is 15.2. The number of aliphatic carboxylic acids is 1. The number of carboxylic acid groups (broad SMARTS) is 1. The lowest BCUT2D eigenvalue weighted by Crippen LogP contribution is -2.09. The van der Waals surface area contributed by atoms with E-state index in [2.05, 4.69) is 23.4 Å². The van der Waals surface area contributed by atoms with Crippen LogP contribution in [0.1, 0.15) is 64.0 Å². The van der Waals surface area contributed by atoms with E-state index in [9.17, 15) is 4.79 Å². The minimum atomic E-state index is -0.786. The highest BCUT2D eigenvalue weighted by Crippen LogP contribution is 2.30. The Labute approximate surface area is 131 Å². The molecule has 118 valence electrons. The van der Waals surface area contributed by atoms with Crippen molar-refractivity contribution < 1.29 is 9.90 Å². The van der Waals surface area contributed by atoms with Crippen LogP contribution in [0.3, 0.4) is 0 Å². The fourth-order valence-corrected chi connectivity index (χ4v) is 3.87. The maximum Gasteiger partial charge on any atom is 0.313 e. The number of rotatable bonds is 8. The summed E-state index contributed by atoms with van der Waals surface area (Å²) in [6, 6.07) is 0. The molecular formula is C16H26N2O2S. The molecule has 0 spiro atoms. The average Bonchev–Trinajstić information content (AvgIpc) is 3.05. The number of carbonyl (C=O) groups is 1. The molecule has 1 aliphatic carbocycles. The Morgan fingerprint density at radius 3 is 2.81 bits per heavy atom. The van der Waals surface area contributed by atoms with Crippen molar-refractivity contribution in [1.29, 1.82) is 0 Å². The first kappa shape index (κ1) is 16.4. The zero-order valence-electron chi connectivity index (χ0n) is 13.0. The van der Waals surface area contributed by atoms with Crippen LogP contribution in [0, 0.1) is 5.92 Å². The van der Waals surface area contributed by atoms with E-state index < -0.39 is 5.97 Å². The van der Waals surface area contributed by atoms with Crippen LogP contribution < -0.4 is 0 Å². The standard InChI is InChI=1S/C16H26N2O2S/c1-12(2)14-10-17-16(21-11-15(19)20)18(14)9-5-8-13-6-3-4-7-13/h10,12-13H,3-9,11H2,1-2H3,(H,19,20). The second-order valence-corrected chi connectivity index (χ2v) is 7.19. The SMILES string of the molecule is CC(C)c1cnc(SCC(=O)O)n1CCCC1CCCC1. The summed E-state index contributed by atoms with van der Waals surface area (Å²) in [6.45, 7) is 5.29. The van der Waals surface area contributed by atoms with Crippen LogP contribution in [0.15, 0.2) is 11.4 Å². The van der Waals surface area contributed by atoms with E-state index in [1.807, 2.05) is 6.20 Å². The van der Waals surface area contributed by atoms with Gasteiger partial charge in [-0.05, 0) is 24.7 Å². The maximum atomic E-state index is 10.8. The molecule has 0 bridgehead atoms. The van der Waals surface area contributed by atoms with Gasteiger partial charge in [0.2, 0.25) is 0 Å². The Balaban J connectivity index is 1.96. The third-order valence-corrected chi connectivity index (χ3v) is 5.21. The van der Waals surface area contributed by atoms with Gasteiger partial charge in [0, 0.05) is 18.4 Å². The van der Waals surface area contributed by atoms with Crippen LogP contribution >= 0.6 is 11.8 Å². The summed E-state index contributed by atoms with van der Waals surface area (Å²) in [5.41, 5.74) is 1.22. The highest BCUT2D eigenvalue weighted by molar-refractivity contribution is 7.99. The van der Waals surface area contributed by atoms with Crippen molar-refractivity contribution in [1.82, 2.24) is 9.55 Å². The number of imidazole rings is 1. The molecule has 0 radical (unpaired) electrons. The second-order valence-electron chi connectivity index (χ2n) is 6.25. The number of carboxylic acids is 1. The summed E-state index contributed by atoms with van der Waals surface area (Å²) >= 11 is 1.33. The lowest BCUT2D eigenvalue weighted by Gasteiger charge is -2.15. The first-order chi connectivity index (χ1) is 10.1. The molecule has 1 fully saturated rings. The Morgan fingerprint density at radius 1 is 1.48 bits per heavy atom. The fraction of sp³-hybridized carbons (Fsp3) is 0.750. The lowest BCUT2D eigenvalue weighted by molar-refractivity contribution is -0.133. The van der Waals surface area contributed by atoms with Gasteiger partial charge in [-0.25, -0.2) is 4.98 Å². The van der Waals surface area contributed by atoms with Gasteiger partial charge in [-0.15, -0.1) is 0 Å². The molecule has 1 aromatic heterocycles. The normalized spacial score (nSPS) is 16.0. The van der Waals surface area contributed by atoms with Crippen molar-refractivity contribution in [3.05, 3.63) is 11.9 Å². The lowest BCUT2D eigenvalue weighted by atomic mass is 10.0. The maximum absolute atomic E-state index is 10.8. The molecule has 0 atom stereocenters. The van der Waals surface area contributed by atoms with E-state index in [-0.39, 0.29) is 5.75 Å². The molecule has 1 aliphatic rings.